The average molecular weight is 448 g/mol. The highest BCUT2D eigenvalue weighted by Gasteiger charge is 2.30. The van der Waals surface area contributed by atoms with Crippen LogP contribution in [0.2, 0.25) is 0 Å². The van der Waals surface area contributed by atoms with Crippen LogP contribution in [0.25, 0.3) is 11.3 Å². The standard InChI is InChI=1S/C24H25N5O2S/c1-4-31-20-13-9-8-12-19(20)25-15-26-22-16(2)28-29(24(22)30)14-21-27-23(17(3)32-21)18-10-6-5-7-11-18/h5-13,25H,4,14-15H2,1-3H3/b26-22+. The summed E-state index contributed by atoms with van der Waals surface area (Å²) < 4.78 is 5.61. The highest BCUT2D eigenvalue weighted by molar-refractivity contribution is 7.12. The number of hydrogen-bond donors (Lipinski definition) is 1. The summed E-state index contributed by atoms with van der Waals surface area (Å²) in [6, 6.07) is 17.7. The summed E-state index contributed by atoms with van der Waals surface area (Å²) in [7, 11) is 0. The Morgan fingerprint density at radius 3 is 2.62 bits per heavy atom. The number of carbonyl (C=O) groups is 1. The van der Waals surface area contributed by atoms with Gasteiger partial charge in [0.25, 0.3) is 5.91 Å². The Morgan fingerprint density at radius 1 is 1.09 bits per heavy atom. The van der Waals surface area contributed by atoms with Gasteiger partial charge >= 0.3 is 0 Å². The zero-order valence-corrected chi connectivity index (χ0v) is 19.1. The number of carbonyl (C=O) groups excluding carboxylic acids is 1. The van der Waals surface area contributed by atoms with Crippen LogP contribution in [0, 0.1) is 6.92 Å². The smallest absolute Gasteiger partial charge is 0.294 e. The lowest BCUT2D eigenvalue weighted by Crippen LogP contribution is -2.27. The number of benzene rings is 2. The van der Waals surface area contributed by atoms with Crippen LogP contribution in [-0.4, -0.2) is 40.6 Å². The van der Waals surface area contributed by atoms with Gasteiger partial charge in [-0.25, -0.2) is 9.99 Å². The maximum absolute atomic E-state index is 12.9. The number of rotatable bonds is 8. The van der Waals surface area contributed by atoms with Crippen LogP contribution in [-0.2, 0) is 11.3 Å². The minimum absolute atomic E-state index is 0.212. The number of aromatic nitrogens is 1. The minimum atomic E-state index is -0.212. The number of hydrazone groups is 1. The van der Waals surface area contributed by atoms with Gasteiger partial charge in [0, 0.05) is 10.4 Å². The molecule has 164 valence electrons. The summed E-state index contributed by atoms with van der Waals surface area (Å²) >= 11 is 1.58. The van der Waals surface area contributed by atoms with Gasteiger partial charge in [0.2, 0.25) is 0 Å². The summed E-state index contributed by atoms with van der Waals surface area (Å²) in [6.45, 7) is 6.94. The van der Waals surface area contributed by atoms with Gasteiger partial charge in [-0.2, -0.15) is 5.10 Å². The maximum atomic E-state index is 12.9. The molecule has 2 heterocycles. The number of hydrogen-bond acceptors (Lipinski definition) is 7. The molecule has 0 aliphatic carbocycles. The van der Waals surface area contributed by atoms with E-state index in [1.165, 1.54) is 5.01 Å². The molecular formula is C24H25N5O2S. The highest BCUT2D eigenvalue weighted by Crippen LogP contribution is 2.28. The van der Waals surface area contributed by atoms with Crippen molar-refractivity contribution in [1.82, 2.24) is 9.99 Å². The van der Waals surface area contributed by atoms with E-state index in [-0.39, 0.29) is 12.6 Å². The number of thiazole rings is 1. The molecular weight excluding hydrogens is 422 g/mol. The summed E-state index contributed by atoms with van der Waals surface area (Å²) in [5, 5.41) is 9.91. The Kier molecular flexibility index (Phi) is 6.61. The second kappa shape index (κ2) is 9.74. The fraction of sp³-hybridized carbons (Fsp3) is 0.250. The van der Waals surface area contributed by atoms with E-state index in [1.54, 1.807) is 18.3 Å². The molecule has 0 bridgehead atoms. The first-order valence-electron chi connectivity index (χ1n) is 10.5. The largest absolute Gasteiger partial charge is 0.492 e. The van der Waals surface area contributed by atoms with Crippen LogP contribution in [0.5, 0.6) is 5.75 Å². The maximum Gasteiger partial charge on any atom is 0.294 e. The molecule has 0 saturated carbocycles. The molecule has 1 aromatic heterocycles. The highest BCUT2D eigenvalue weighted by atomic mass is 32.1. The van der Waals surface area contributed by atoms with Crippen LogP contribution >= 0.6 is 11.3 Å². The van der Waals surface area contributed by atoms with Gasteiger partial charge in [-0.15, -0.1) is 11.3 Å². The Bertz CT molecular complexity index is 1170. The van der Waals surface area contributed by atoms with Gasteiger partial charge in [0.15, 0.2) is 0 Å². The lowest BCUT2D eigenvalue weighted by atomic mass is 10.1. The Morgan fingerprint density at radius 2 is 1.84 bits per heavy atom. The van der Waals surface area contributed by atoms with E-state index in [0.29, 0.717) is 24.6 Å². The molecule has 3 aromatic rings. The summed E-state index contributed by atoms with van der Waals surface area (Å²) in [4.78, 5) is 23.2. The molecule has 8 heteroatoms. The van der Waals surface area contributed by atoms with Crippen molar-refractivity contribution in [3.8, 4) is 17.0 Å². The average Bonchev–Trinajstić information content (AvgIpc) is 3.29. The van der Waals surface area contributed by atoms with Crippen molar-refractivity contribution < 1.29 is 9.53 Å². The third kappa shape index (κ3) is 4.70. The topological polar surface area (TPSA) is 79.2 Å². The van der Waals surface area contributed by atoms with E-state index in [0.717, 1.165) is 32.6 Å². The van der Waals surface area contributed by atoms with Gasteiger partial charge in [0.1, 0.15) is 23.1 Å². The quantitative estimate of drug-likeness (QED) is 0.541. The molecule has 1 N–H and O–H groups in total. The predicted molar refractivity (Wildman–Crippen MR) is 129 cm³/mol. The Labute approximate surface area is 191 Å². The second-order valence-electron chi connectivity index (χ2n) is 7.20. The van der Waals surface area contributed by atoms with Gasteiger partial charge in [-0.1, -0.05) is 42.5 Å². The van der Waals surface area contributed by atoms with Crippen molar-refractivity contribution in [2.75, 3.05) is 18.6 Å². The zero-order valence-electron chi connectivity index (χ0n) is 18.3. The van der Waals surface area contributed by atoms with Crippen molar-refractivity contribution >= 4 is 34.4 Å². The SMILES string of the molecule is CCOc1ccccc1NC/N=C1/C(=O)N(Cc2nc(-c3ccccc3)c(C)s2)N=C1C. The Balaban J connectivity index is 1.43. The van der Waals surface area contributed by atoms with Crippen molar-refractivity contribution in [3.63, 3.8) is 0 Å². The lowest BCUT2D eigenvalue weighted by Gasteiger charge is -2.11. The minimum Gasteiger partial charge on any atom is -0.492 e. The van der Waals surface area contributed by atoms with Crippen LogP contribution in [0.4, 0.5) is 5.69 Å². The molecule has 0 unspecified atom stereocenters. The first-order chi connectivity index (χ1) is 15.6. The lowest BCUT2D eigenvalue weighted by molar-refractivity contribution is -0.123. The number of nitrogens with one attached hydrogen (secondary N) is 1. The number of anilines is 1. The number of para-hydroxylation sites is 2. The first kappa shape index (κ1) is 21.7. The molecule has 0 fully saturated rings. The molecule has 1 aliphatic rings. The number of ether oxygens (including phenoxy) is 1. The van der Waals surface area contributed by atoms with Gasteiger partial charge < -0.3 is 10.1 Å². The van der Waals surface area contributed by atoms with Crippen LogP contribution in [0.15, 0.2) is 64.7 Å². The normalized spacial score (nSPS) is 14.7. The molecule has 1 amide bonds. The third-order valence-electron chi connectivity index (χ3n) is 4.92. The van der Waals surface area contributed by atoms with Gasteiger partial charge in [-0.05, 0) is 32.9 Å². The van der Waals surface area contributed by atoms with Crippen molar-refractivity contribution in [2.45, 2.75) is 27.3 Å². The van der Waals surface area contributed by atoms with Crippen LogP contribution < -0.4 is 10.1 Å². The molecule has 0 atom stereocenters. The van der Waals surface area contributed by atoms with E-state index in [9.17, 15) is 4.79 Å². The zero-order chi connectivity index (χ0) is 22.5. The Hall–Kier alpha value is -3.52. The van der Waals surface area contributed by atoms with Crippen LogP contribution in [0.3, 0.4) is 0 Å². The molecule has 1 aliphatic heterocycles. The number of amides is 1. The van der Waals surface area contributed by atoms with Crippen molar-refractivity contribution in [3.05, 3.63) is 64.5 Å². The van der Waals surface area contributed by atoms with Crippen LogP contribution in [0.1, 0.15) is 23.7 Å². The molecule has 0 radical (unpaired) electrons. The van der Waals surface area contributed by atoms with Gasteiger partial charge in [0.05, 0.1) is 30.2 Å². The van der Waals surface area contributed by atoms with E-state index < -0.39 is 0 Å². The van der Waals surface area contributed by atoms with E-state index in [1.807, 2.05) is 68.4 Å². The van der Waals surface area contributed by atoms with Gasteiger partial charge in [-0.3, -0.25) is 9.79 Å². The predicted octanol–water partition coefficient (Wildman–Crippen LogP) is 4.75. The van der Waals surface area contributed by atoms with E-state index in [4.69, 9.17) is 9.72 Å². The second-order valence-corrected chi connectivity index (χ2v) is 8.49. The molecule has 7 nitrogen and oxygen atoms in total. The van der Waals surface area contributed by atoms with E-state index >= 15 is 0 Å². The van der Waals surface area contributed by atoms with Crippen molar-refractivity contribution in [1.29, 1.82) is 0 Å². The summed E-state index contributed by atoms with van der Waals surface area (Å²) in [5.41, 5.74) is 3.82. The molecule has 4 rings (SSSR count). The fourth-order valence-corrected chi connectivity index (χ4v) is 4.39. The number of nitrogens with zero attached hydrogens (tertiary/aromatic N) is 4. The number of aryl methyl sites for hydroxylation is 1. The van der Waals surface area contributed by atoms with E-state index in [2.05, 4.69) is 15.4 Å². The molecule has 0 saturated heterocycles. The summed E-state index contributed by atoms with van der Waals surface area (Å²) in [6.07, 6.45) is 0. The number of aliphatic imine (C=N–C) groups is 1. The first-order valence-corrected chi connectivity index (χ1v) is 11.3. The third-order valence-corrected chi connectivity index (χ3v) is 5.87. The monoisotopic (exact) mass is 447 g/mol. The fourth-order valence-electron chi connectivity index (χ4n) is 3.45. The molecule has 32 heavy (non-hydrogen) atoms. The molecule has 2 aromatic carbocycles. The summed E-state index contributed by atoms with van der Waals surface area (Å²) in [5.74, 6) is 0.546. The molecule has 0 spiro atoms. The van der Waals surface area contributed by atoms with Crippen molar-refractivity contribution in [2.24, 2.45) is 10.1 Å².